The van der Waals surface area contributed by atoms with Crippen LogP contribution in [0.25, 0.3) is 0 Å². The summed E-state index contributed by atoms with van der Waals surface area (Å²) in [5.41, 5.74) is 0. The van der Waals surface area contributed by atoms with Gasteiger partial charge in [0.15, 0.2) is 0 Å². The second-order valence-electron chi connectivity index (χ2n) is 0. The van der Waals surface area contributed by atoms with E-state index in [0.29, 0.717) is 0 Å². The predicted octanol–water partition coefficient (Wildman–Crippen LogP) is 32.9. The van der Waals surface area contributed by atoms with E-state index in [-0.39, 0.29) is 267 Å². The molecule has 0 heterocycles. The Bertz CT molecular complexity index is 829. The van der Waals surface area contributed by atoms with Crippen LogP contribution in [0.15, 0.2) is 0 Å². The summed E-state index contributed by atoms with van der Waals surface area (Å²) in [6, 6.07) is 0. The average molecular weight is 1620 g/mol. The van der Waals surface area contributed by atoms with Crippen molar-refractivity contribution < 1.29 is 0 Å². The van der Waals surface area contributed by atoms with E-state index in [0.717, 1.165) is 0 Å². The molecule has 688 valence electrons. The Morgan fingerprint density at radius 2 is 0.0259 bits per heavy atom. The largest absolute Gasteiger partial charge is 0.124 e. The van der Waals surface area contributed by atoms with E-state index >= 15 is 0 Å². The Hall–Kier alpha value is -17.6. The Labute approximate surface area is 776 Å². The van der Waals surface area contributed by atoms with Gasteiger partial charge in [0.2, 0.25) is 0 Å². The quantitative estimate of drug-likeness (QED) is 0.212. The summed E-state index contributed by atoms with van der Waals surface area (Å²) in [6.07, 6.45) is 320. The summed E-state index contributed by atoms with van der Waals surface area (Å²) in [5, 5.41) is 0. The lowest BCUT2D eigenvalue weighted by Crippen LogP contribution is -0.576. The Morgan fingerprint density at radius 1 is 0.0259 bits per heavy atom. The first kappa shape index (κ1) is 1860. The zero-order valence-electron chi connectivity index (χ0n) is 46.2. The second-order valence-corrected chi connectivity index (χ2v) is 0. The van der Waals surface area contributed by atoms with Crippen molar-refractivity contribution in [1.82, 2.24) is 0 Å². The maximum Gasteiger partial charge on any atom is -0.0776 e. The second kappa shape index (κ2) is 2920. The Balaban J connectivity index is -0.00000000190. The molecule has 0 aliphatic heterocycles. The molecule has 0 aromatic rings. The Kier molecular flexibility index (Phi) is 46900. The van der Waals surface area contributed by atoms with Crippen molar-refractivity contribution in [2.75, 3.05) is 0 Å². The van der Waals surface area contributed by atoms with Crippen molar-refractivity contribution in [1.29, 1.82) is 0 Å². The fraction of sp³-hybridized carbons (Fsp3) is 0.310. The van der Waals surface area contributed by atoms with Crippen molar-refractivity contribution in [3.63, 3.8) is 0 Å². The van der Waals surface area contributed by atoms with Crippen molar-refractivity contribution in [2.24, 2.45) is 0 Å². The summed E-state index contributed by atoms with van der Waals surface area (Å²) in [4.78, 5) is 0. The molecule has 0 fully saturated rings. The lowest BCUT2D eigenvalue weighted by molar-refractivity contribution is 2.50. The van der Waals surface area contributed by atoms with Gasteiger partial charge in [-0.1, -0.05) is 267 Å². The Morgan fingerprint density at radius 3 is 0.0259 bits per heavy atom. The summed E-state index contributed by atoms with van der Waals surface area (Å²) in [6.45, 7) is 0. The first-order chi connectivity index (χ1) is 40.0. The first-order valence-corrected chi connectivity index (χ1v) is 13.3. The van der Waals surface area contributed by atoms with Crippen LogP contribution in [0.5, 0.6) is 0 Å². The minimum atomic E-state index is 0. The van der Waals surface area contributed by atoms with Gasteiger partial charge in [-0.05, 0) is 0 Å². The van der Waals surface area contributed by atoms with Gasteiger partial charge < -0.3 is 0 Å². The van der Waals surface area contributed by atoms with Crippen LogP contribution >= 0.6 is 0 Å². The van der Waals surface area contributed by atoms with E-state index in [1.165, 1.54) is 0 Å². The minimum absolute atomic E-state index is 0. The number of terminal acetylenes is 40. The van der Waals surface area contributed by atoms with E-state index in [2.05, 4.69) is 514 Å². The van der Waals surface area contributed by atoms with E-state index in [1.54, 1.807) is 0 Å². The summed E-state index contributed by atoms with van der Waals surface area (Å²) < 4.78 is 0. The summed E-state index contributed by atoms with van der Waals surface area (Å²) in [5.74, 6) is 0. The van der Waals surface area contributed by atoms with Gasteiger partial charge in [-0.2, -0.15) is 0 Å². The topological polar surface area (TPSA) is 0 Å². The molecule has 0 unspecified atom stereocenters. The minimum Gasteiger partial charge on any atom is -0.124 e. The van der Waals surface area contributed by atoms with Crippen molar-refractivity contribution in [3.05, 3.63) is 0 Å². The molecule has 0 bridgehead atoms. The fourth-order valence-corrected chi connectivity index (χ4v) is 0. The van der Waals surface area contributed by atoms with E-state index < -0.39 is 0 Å². The van der Waals surface area contributed by atoms with E-state index in [1.807, 2.05) is 0 Å². The first-order valence-electron chi connectivity index (χ1n) is 13.3. The molecular formula is C116H224. The molecule has 0 atom stereocenters. The number of hydrogen-bond donors (Lipinski definition) is 0. The zero-order chi connectivity index (χ0) is 80.0. The molecule has 116 heavy (non-hydrogen) atoms. The van der Waals surface area contributed by atoms with Crippen LogP contribution in [0.3, 0.4) is 0 Å². The van der Waals surface area contributed by atoms with Crippen LogP contribution < -0.4 is 0 Å². The average Bonchev–Trinajstić information content (AvgIpc) is 3.71. The molecular weight excluding hydrogens is 1390 g/mol. The normalized spacial score (nSPS) is 0.690. The lowest BCUT2D eigenvalue weighted by Gasteiger charge is -0.701. The van der Waals surface area contributed by atoms with Crippen LogP contribution in [-0.2, 0) is 0 Å². The SMILES string of the molecule is C.C.C.C.C.C.C.C.C.C.C.C.C.C.C.C.C.C.C.C.C.C.C.C.C.C.C.C.C.C.C.C.C.C.C.C.C#C.C#C.C#C.C#C.C#C.C#C.C#C.C#C.C#C.C#C.C#C.C#C.C#C.C#C.C#C.C#C.C#C.C#C.C#C.C#C.C#C.C#C.C#C.C#C.C#C.C#C.C#C.C#C.C#C.C#C.C#C.C#C.C#C.C#C.C#C.C#C.C#C.C#C.C#C.C#C. The highest BCUT2D eigenvalue weighted by atomic mass is 12.7. The molecule has 0 heteroatoms. The van der Waals surface area contributed by atoms with Gasteiger partial charge in [-0.3, -0.25) is 0 Å². The summed E-state index contributed by atoms with van der Waals surface area (Å²) in [7, 11) is 0. The van der Waals surface area contributed by atoms with Crippen molar-refractivity contribution in [3.8, 4) is 514 Å². The molecule has 0 saturated heterocycles. The lowest BCUT2D eigenvalue weighted by atomic mass is 11.4. The molecule has 0 radical (unpaired) electrons. The maximum absolute atomic E-state index is 4.00. The van der Waals surface area contributed by atoms with Crippen LogP contribution in [0.1, 0.15) is 267 Å². The molecule has 0 saturated carbocycles. The number of rotatable bonds is 0. The molecule has 0 rings (SSSR count). The standard InChI is InChI=1S/40C2H2.36CH4/c40*1-2;;;;;;;;;;;;;;;;;;;;;;;;;;;;;;;;;;;;/h40*1-2H;36*1H4. The van der Waals surface area contributed by atoms with Crippen molar-refractivity contribution >= 4 is 0 Å². The molecule has 0 aromatic heterocycles. The van der Waals surface area contributed by atoms with Crippen LogP contribution in [0, 0.1) is 514 Å². The van der Waals surface area contributed by atoms with Gasteiger partial charge in [0.1, 0.15) is 0 Å². The van der Waals surface area contributed by atoms with Crippen LogP contribution in [0.4, 0.5) is 0 Å². The highest BCUT2D eigenvalue weighted by Gasteiger charge is 0.537. The highest BCUT2D eigenvalue weighted by molar-refractivity contribution is 4.54. The fourth-order valence-electron chi connectivity index (χ4n) is 0. The third kappa shape index (κ3) is 2830. The van der Waals surface area contributed by atoms with Gasteiger partial charge in [0.25, 0.3) is 0 Å². The van der Waals surface area contributed by atoms with E-state index in [9.17, 15) is 0 Å². The van der Waals surface area contributed by atoms with Gasteiger partial charge in [0.05, 0.1) is 0 Å². The summed E-state index contributed by atoms with van der Waals surface area (Å²) >= 11 is 0. The van der Waals surface area contributed by atoms with Gasteiger partial charge in [0, 0.05) is 0 Å². The molecule has 0 aliphatic carbocycles. The smallest absolute Gasteiger partial charge is 0.0776 e. The maximum atomic E-state index is 4.00. The third-order valence-corrected chi connectivity index (χ3v) is 0. The molecule has 0 aromatic carbocycles. The van der Waals surface area contributed by atoms with Crippen LogP contribution in [0.2, 0.25) is 0 Å². The highest BCUT2D eigenvalue weighted by Crippen LogP contribution is 0.663. The third-order valence-electron chi connectivity index (χ3n) is 0. The van der Waals surface area contributed by atoms with E-state index in [4.69, 9.17) is 0 Å². The van der Waals surface area contributed by atoms with Gasteiger partial charge in [-0.15, -0.1) is 514 Å². The van der Waals surface area contributed by atoms with Gasteiger partial charge >= 0.3 is 0 Å². The molecule has 0 nitrogen and oxygen atoms in total. The molecule has 0 aliphatic rings. The van der Waals surface area contributed by atoms with Crippen LogP contribution in [-0.4, -0.2) is 0 Å². The molecule has 0 N–H and O–H groups in total. The number of hydrogen-bond acceptors (Lipinski definition) is 0. The van der Waals surface area contributed by atoms with Crippen molar-refractivity contribution in [2.45, 2.75) is 267 Å². The zero-order valence-corrected chi connectivity index (χ0v) is 46.2. The molecule has 0 spiro atoms. The molecule has 0 amide bonds. The monoisotopic (exact) mass is 1620 g/mol. The van der Waals surface area contributed by atoms with Gasteiger partial charge in [-0.25, -0.2) is 0 Å². The predicted molar refractivity (Wildman–Crippen MR) is 638 cm³/mol.